The van der Waals surface area contributed by atoms with Crippen molar-refractivity contribution in [1.82, 2.24) is 14.5 Å². The molecule has 0 aliphatic carbocycles. The van der Waals surface area contributed by atoms with Gasteiger partial charge in [-0.25, -0.2) is 4.98 Å². The minimum absolute atomic E-state index is 0.420. The van der Waals surface area contributed by atoms with Crippen LogP contribution >= 0.6 is 0 Å². The van der Waals surface area contributed by atoms with E-state index in [0.717, 1.165) is 6.54 Å². The van der Waals surface area contributed by atoms with Gasteiger partial charge in [0.15, 0.2) is 0 Å². The van der Waals surface area contributed by atoms with Gasteiger partial charge in [-0.1, -0.05) is 0 Å². The van der Waals surface area contributed by atoms with E-state index in [1.165, 1.54) is 25.1 Å². The molecule has 1 aromatic rings. The van der Waals surface area contributed by atoms with E-state index in [4.69, 9.17) is 5.73 Å². The number of nitrogens with zero attached hydrogens (tertiary/aromatic N) is 3. The Morgan fingerprint density at radius 1 is 1.32 bits per heavy atom. The van der Waals surface area contributed by atoms with Gasteiger partial charge in [0.25, 0.3) is 0 Å². The monoisotopic (exact) mass is 264 g/mol. The van der Waals surface area contributed by atoms with Gasteiger partial charge >= 0.3 is 0 Å². The quantitative estimate of drug-likeness (QED) is 0.909. The van der Waals surface area contributed by atoms with Crippen molar-refractivity contribution in [2.75, 3.05) is 13.1 Å². The fourth-order valence-electron chi connectivity index (χ4n) is 3.32. The van der Waals surface area contributed by atoms with Crippen molar-refractivity contribution in [2.45, 2.75) is 58.7 Å². The molecule has 4 heteroatoms. The Morgan fingerprint density at radius 3 is 2.63 bits per heavy atom. The third kappa shape index (κ3) is 2.84. The van der Waals surface area contributed by atoms with Crippen molar-refractivity contribution in [3.63, 3.8) is 0 Å². The normalized spacial score (nSPS) is 25.4. The first-order chi connectivity index (χ1) is 9.06. The summed E-state index contributed by atoms with van der Waals surface area (Å²) in [6.07, 6.45) is 6.48. The number of aromatic nitrogens is 2. The van der Waals surface area contributed by atoms with E-state index < -0.39 is 0 Å². The molecule has 2 N–H and O–H groups in total. The van der Waals surface area contributed by atoms with Gasteiger partial charge < -0.3 is 10.3 Å². The zero-order valence-electron chi connectivity index (χ0n) is 12.7. The van der Waals surface area contributed by atoms with Gasteiger partial charge in [-0.15, -0.1) is 0 Å². The van der Waals surface area contributed by atoms with Gasteiger partial charge in [-0.2, -0.15) is 0 Å². The lowest BCUT2D eigenvalue weighted by atomic mass is 9.86. The number of likely N-dealkylation sites (tertiary alicyclic amines) is 1. The number of imidazole rings is 1. The van der Waals surface area contributed by atoms with E-state index in [1.54, 1.807) is 0 Å². The van der Waals surface area contributed by atoms with Gasteiger partial charge in [0.2, 0.25) is 0 Å². The van der Waals surface area contributed by atoms with Crippen LogP contribution in [0.3, 0.4) is 0 Å². The Hall–Kier alpha value is -0.870. The van der Waals surface area contributed by atoms with Gasteiger partial charge in [-0.05, 0) is 59.5 Å². The Labute approximate surface area is 117 Å². The second-order valence-corrected chi connectivity index (χ2v) is 6.23. The fourth-order valence-corrected chi connectivity index (χ4v) is 3.32. The molecular formula is C15H28N4. The van der Waals surface area contributed by atoms with Crippen molar-refractivity contribution < 1.29 is 0 Å². The van der Waals surface area contributed by atoms with Gasteiger partial charge in [0.1, 0.15) is 0 Å². The van der Waals surface area contributed by atoms with Crippen LogP contribution in [0.5, 0.6) is 0 Å². The molecule has 0 bridgehead atoms. The average molecular weight is 264 g/mol. The molecule has 0 radical (unpaired) electrons. The predicted molar refractivity (Wildman–Crippen MR) is 79.0 cm³/mol. The maximum absolute atomic E-state index is 6.03. The Kier molecular flexibility index (Phi) is 4.63. The molecule has 0 spiro atoms. The maximum Gasteiger partial charge on any atom is 0.0951 e. The first kappa shape index (κ1) is 14.5. The lowest BCUT2D eigenvalue weighted by Crippen LogP contribution is -2.45. The predicted octanol–water partition coefficient (Wildman–Crippen LogP) is 2.58. The van der Waals surface area contributed by atoms with Crippen LogP contribution in [0.2, 0.25) is 0 Å². The third-order valence-corrected chi connectivity index (χ3v) is 4.32. The van der Waals surface area contributed by atoms with Crippen LogP contribution in [-0.4, -0.2) is 33.6 Å². The van der Waals surface area contributed by atoms with E-state index in [9.17, 15) is 0 Å². The smallest absolute Gasteiger partial charge is 0.0951 e. The molecule has 2 heterocycles. The van der Waals surface area contributed by atoms with E-state index >= 15 is 0 Å². The molecule has 0 amide bonds. The summed E-state index contributed by atoms with van der Waals surface area (Å²) in [5.41, 5.74) is 7.36. The van der Waals surface area contributed by atoms with Gasteiger partial charge in [0.05, 0.1) is 18.1 Å². The highest BCUT2D eigenvalue weighted by Gasteiger charge is 2.35. The highest BCUT2D eigenvalue weighted by atomic mass is 15.2. The molecule has 1 fully saturated rings. The molecule has 1 saturated heterocycles. The summed E-state index contributed by atoms with van der Waals surface area (Å²) in [6.45, 7) is 10.9. The van der Waals surface area contributed by atoms with Gasteiger partial charge in [0, 0.05) is 18.3 Å². The summed E-state index contributed by atoms with van der Waals surface area (Å²) >= 11 is 0. The van der Waals surface area contributed by atoms with Crippen molar-refractivity contribution in [1.29, 1.82) is 0 Å². The Morgan fingerprint density at radius 2 is 2.05 bits per heavy atom. The first-order valence-electron chi connectivity index (χ1n) is 7.53. The van der Waals surface area contributed by atoms with Crippen LogP contribution in [0.1, 0.15) is 58.3 Å². The van der Waals surface area contributed by atoms with Crippen LogP contribution in [-0.2, 0) is 0 Å². The summed E-state index contributed by atoms with van der Waals surface area (Å²) < 4.78 is 2.30. The second-order valence-electron chi connectivity index (χ2n) is 6.23. The number of hydrogen-bond acceptors (Lipinski definition) is 3. The molecule has 0 aromatic carbocycles. The molecule has 19 heavy (non-hydrogen) atoms. The van der Waals surface area contributed by atoms with E-state index in [2.05, 4.69) is 42.1 Å². The van der Waals surface area contributed by atoms with Crippen molar-refractivity contribution >= 4 is 0 Å². The molecule has 2 atom stereocenters. The topological polar surface area (TPSA) is 47.1 Å². The highest BCUT2D eigenvalue weighted by molar-refractivity contribution is 5.11. The molecule has 1 aliphatic rings. The van der Waals surface area contributed by atoms with Crippen LogP contribution in [0.15, 0.2) is 12.5 Å². The number of hydrogen-bond donors (Lipinski definition) is 1. The van der Waals surface area contributed by atoms with E-state index in [1.807, 2.05) is 12.5 Å². The Balaban J connectivity index is 2.37. The molecule has 1 aromatic heterocycles. The summed E-state index contributed by atoms with van der Waals surface area (Å²) in [5, 5.41) is 0. The van der Waals surface area contributed by atoms with Crippen molar-refractivity contribution in [3.8, 4) is 0 Å². The maximum atomic E-state index is 6.03. The van der Waals surface area contributed by atoms with Crippen LogP contribution < -0.4 is 5.73 Å². The summed E-state index contributed by atoms with van der Waals surface area (Å²) in [5.74, 6) is 0.547. The summed E-state index contributed by atoms with van der Waals surface area (Å²) in [6, 6.07) is 1.42. The van der Waals surface area contributed by atoms with Crippen LogP contribution in [0, 0.1) is 5.92 Å². The van der Waals surface area contributed by atoms with Crippen LogP contribution in [0.25, 0.3) is 0 Å². The molecule has 1 aliphatic heterocycles. The van der Waals surface area contributed by atoms with Crippen molar-refractivity contribution in [2.24, 2.45) is 11.7 Å². The zero-order chi connectivity index (χ0) is 14.0. The third-order valence-electron chi connectivity index (χ3n) is 4.32. The molecular weight excluding hydrogens is 236 g/mol. The summed E-state index contributed by atoms with van der Waals surface area (Å²) in [4.78, 5) is 6.97. The second kappa shape index (κ2) is 6.06. The van der Waals surface area contributed by atoms with E-state index in [0.29, 0.717) is 24.0 Å². The highest BCUT2D eigenvalue weighted by Crippen LogP contribution is 2.37. The van der Waals surface area contributed by atoms with Gasteiger partial charge in [-0.3, -0.25) is 4.90 Å². The summed E-state index contributed by atoms with van der Waals surface area (Å²) in [7, 11) is 0. The molecule has 2 rings (SSSR count). The SMILES string of the molecule is CC(C)N1CCCC(CN)C1c1cncn1C(C)C. The minimum atomic E-state index is 0.420. The fraction of sp³-hybridized carbons (Fsp3) is 0.800. The molecule has 4 nitrogen and oxygen atoms in total. The average Bonchev–Trinajstić information content (AvgIpc) is 2.86. The lowest BCUT2D eigenvalue weighted by molar-refractivity contribution is 0.0608. The molecule has 0 saturated carbocycles. The van der Waals surface area contributed by atoms with Crippen LogP contribution in [0.4, 0.5) is 0 Å². The number of piperidine rings is 1. The Bertz CT molecular complexity index is 397. The van der Waals surface area contributed by atoms with Crippen molar-refractivity contribution in [3.05, 3.63) is 18.2 Å². The minimum Gasteiger partial charge on any atom is -0.331 e. The van der Waals surface area contributed by atoms with E-state index in [-0.39, 0.29) is 0 Å². The largest absolute Gasteiger partial charge is 0.331 e. The number of rotatable bonds is 4. The number of nitrogens with two attached hydrogens (primary N) is 1. The standard InChI is InChI=1S/C15H28N4/c1-11(2)18-7-5-6-13(8-16)15(18)14-9-17-10-19(14)12(3)4/h9-13,15H,5-8,16H2,1-4H3. The first-order valence-corrected chi connectivity index (χ1v) is 7.53. The lowest BCUT2D eigenvalue weighted by Gasteiger charge is -2.43. The molecule has 108 valence electrons. The zero-order valence-corrected chi connectivity index (χ0v) is 12.7. The molecule has 2 unspecified atom stereocenters.